The van der Waals surface area contributed by atoms with Crippen molar-refractivity contribution >= 4 is 10.8 Å². The molecule has 0 saturated heterocycles. The third-order valence-corrected chi connectivity index (χ3v) is 6.70. The molecule has 0 radical (unpaired) electrons. The second-order valence-electron chi connectivity index (χ2n) is 8.71. The first kappa shape index (κ1) is 19.0. The largest absolute Gasteiger partial charge is 0.252 e. The minimum atomic E-state index is 0.875. The van der Waals surface area contributed by atoms with Crippen LogP contribution in [0.2, 0.25) is 0 Å². The summed E-state index contributed by atoms with van der Waals surface area (Å²) in [7, 11) is 0. The molecule has 0 spiro atoms. The summed E-state index contributed by atoms with van der Waals surface area (Å²) in [5.41, 5.74) is 11.6. The maximum Gasteiger partial charge on any atom is 0.0885 e. The van der Waals surface area contributed by atoms with Crippen LogP contribution < -0.4 is 0 Å². The third-order valence-electron chi connectivity index (χ3n) is 6.70. The molecule has 2 heteroatoms. The van der Waals surface area contributed by atoms with Crippen LogP contribution in [-0.4, -0.2) is 9.97 Å². The Labute approximate surface area is 198 Å². The summed E-state index contributed by atoms with van der Waals surface area (Å²) in [4.78, 5) is 9.38. The number of fused-ring (bicyclic) bond motifs is 3. The Morgan fingerprint density at radius 3 is 1.79 bits per heavy atom. The van der Waals surface area contributed by atoms with Crippen molar-refractivity contribution in [3.63, 3.8) is 0 Å². The second-order valence-corrected chi connectivity index (χ2v) is 8.71. The van der Waals surface area contributed by atoms with Crippen molar-refractivity contribution in [2.24, 2.45) is 0 Å². The van der Waals surface area contributed by atoms with Crippen LogP contribution in [0.1, 0.15) is 0 Å². The first-order valence-electron chi connectivity index (χ1n) is 11.5. The van der Waals surface area contributed by atoms with Gasteiger partial charge in [-0.05, 0) is 62.4 Å². The zero-order valence-corrected chi connectivity index (χ0v) is 18.4. The van der Waals surface area contributed by atoms with Crippen LogP contribution in [0.15, 0.2) is 122 Å². The maximum atomic E-state index is 4.72. The Morgan fingerprint density at radius 1 is 0.382 bits per heavy atom. The summed E-state index contributed by atoms with van der Waals surface area (Å²) >= 11 is 0. The van der Waals surface area contributed by atoms with Gasteiger partial charge in [-0.1, -0.05) is 91.0 Å². The predicted octanol–water partition coefficient (Wildman–Crippen LogP) is 8.28. The van der Waals surface area contributed by atoms with Gasteiger partial charge in [0.05, 0.1) is 23.8 Å². The van der Waals surface area contributed by atoms with Gasteiger partial charge in [0.2, 0.25) is 0 Å². The van der Waals surface area contributed by atoms with Gasteiger partial charge in [0.15, 0.2) is 0 Å². The fourth-order valence-corrected chi connectivity index (χ4v) is 5.08. The summed E-state index contributed by atoms with van der Waals surface area (Å²) in [5.74, 6) is 0. The summed E-state index contributed by atoms with van der Waals surface area (Å²) in [6.07, 6.45) is 3.72. The van der Waals surface area contributed by atoms with E-state index in [1.54, 1.807) is 0 Å². The Bertz CT molecular complexity index is 1680. The molecule has 5 aromatic carbocycles. The van der Waals surface area contributed by atoms with Crippen LogP contribution in [0.25, 0.3) is 66.7 Å². The first-order chi connectivity index (χ1) is 16.8. The predicted molar refractivity (Wildman–Crippen MR) is 140 cm³/mol. The standard InChI is InChI=1S/C32H20N2/c1-2-8-21(9-3-1)30-19-34-31(20-33-30)23-11-6-10-22(16-23)25-17-24-12-7-15-28-26-13-4-5-14-27(26)29(18-25)32(24)28/h1-20H. The van der Waals surface area contributed by atoms with Crippen molar-refractivity contribution in [1.82, 2.24) is 9.97 Å². The zero-order chi connectivity index (χ0) is 22.5. The average Bonchev–Trinajstić information content (AvgIpc) is 3.24. The number of aromatic nitrogens is 2. The van der Waals surface area contributed by atoms with E-state index in [1.165, 1.54) is 44.2 Å². The highest BCUT2D eigenvalue weighted by molar-refractivity contribution is 6.16. The highest BCUT2D eigenvalue weighted by atomic mass is 14.8. The molecule has 158 valence electrons. The lowest BCUT2D eigenvalue weighted by atomic mass is 9.95. The quantitative estimate of drug-likeness (QED) is 0.281. The smallest absolute Gasteiger partial charge is 0.0885 e. The fourth-order valence-electron chi connectivity index (χ4n) is 5.08. The lowest BCUT2D eigenvalue weighted by Crippen LogP contribution is -1.90. The maximum absolute atomic E-state index is 4.72. The molecule has 0 atom stereocenters. The lowest BCUT2D eigenvalue weighted by Gasteiger charge is -2.10. The molecule has 1 aromatic heterocycles. The molecule has 0 unspecified atom stereocenters. The number of hydrogen-bond donors (Lipinski definition) is 0. The molecule has 7 rings (SSSR count). The van der Waals surface area contributed by atoms with Crippen molar-refractivity contribution in [2.45, 2.75) is 0 Å². The van der Waals surface area contributed by atoms with Gasteiger partial charge in [0.25, 0.3) is 0 Å². The van der Waals surface area contributed by atoms with Crippen LogP contribution in [0.5, 0.6) is 0 Å². The first-order valence-corrected chi connectivity index (χ1v) is 11.5. The summed E-state index contributed by atoms with van der Waals surface area (Å²) in [6.45, 7) is 0. The number of hydrogen-bond acceptors (Lipinski definition) is 2. The molecular weight excluding hydrogens is 412 g/mol. The molecular formula is C32H20N2. The van der Waals surface area contributed by atoms with Crippen molar-refractivity contribution in [3.8, 4) is 55.9 Å². The molecule has 2 nitrogen and oxygen atoms in total. The van der Waals surface area contributed by atoms with Crippen LogP contribution >= 0.6 is 0 Å². The minimum absolute atomic E-state index is 0.875. The molecule has 1 aliphatic rings. The van der Waals surface area contributed by atoms with Gasteiger partial charge in [-0.15, -0.1) is 0 Å². The molecule has 0 fully saturated rings. The molecule has 0 aliphatic heterocycles. The average molecular weight is 433 g/mol. The Balaban J connectivity index is 1.32. The van der Waals surface area contributed by atoms with E-state index in [-0.39, 0.29) is 0 Å². The number of rotatable bonds is 3. The third kappa shape index (κ3) is 2.96. The van der Waals surface area contributed by atoms with E-state index in [2.05, 4.69) is 96.0 Å². The molecule has 0 bridgehead atoms. The lowest BCUT2D eigenvalue weighted by molar-refractivity contribution is 1.21. The minimum Gasteiger partial charge on any atom is -0.252 e. The Kier molecular flexibility index (Phi) is 4.18. The molecule has 1 aliphatic carbocycles. The van der Waals surface area contributed by atoms with Gasteiger partial charge in [-0.25, -0.2) is 0 Å². The second kappa shape index (κ2) is 7.50. The summed E-state index contributed by atoms with van der Waals surface area (Å²) in [6, 6.07) is 38.7. The van der Waals surface area contributed by atoms with Crippen molar-refractivity contribution in [2.75, 3.05) is 0 Å². The van der Waals surface area contributed by atoms with Gasteiger partial charge in [-0.3, -0.25) is 9.97 Å². The highest BCUT2D eigenvalue weighted by Crippen LogP contribution is 2.48. The monoisotopic (exact) mass is 432 g/mol. The molecule has 1 heterocycles. The van der Waals surface area contributed by atoms with Crippen LogP contribution in [0.4, 0.5) is 0 Å². The number of nitrogens with zero attached hydrogens (tertiary/aromatic N) is 2. The van der Waals surface area contributed by atoms with E-state index in [0.29, 0.717) is 0 Å². The van der Waals surface area contributed by atoms with Gasteiger partial charge >= 0.3 is 0 Å². The Morgan fingerprint density at radius 2 is 1.00 bits per heavy atom. The molecule has 34 heavy (non-hydrogen) atoms. The van der Waals surface area contributed by atoms with E-state index >= 15 is 0 Å². The molecule has 0 amide bonds. The fraction of sp³-hybridized carbons (Fsp3) is 0. The topological polar surface area (TPSA) is 25.8 Å². The van der Waals surface area contributed by atoms with Gasteiger partial charge in [0.1, 0.15) is 0 Å². The van der Waals surface area contributed by atoms with Crippen molar-refractivity contribution < 1.29 is 0 Å². The van der Waals surface area contributed by atoms with Gasteiger partial charge in [0, 0.05) is 11.1 Å². The van der Waals surface area contributed by atoms with E-state index in [9.17, 15) is 0 Å². The normalized spacial score (nSPS) is 11.5. The number of benzene rings is 5. The SMILES string of the molecule is c1ccc(-c2cnc(-c3cccc(-c4cc5c6c(cccc6c4)-c4ccccc4-5)c3)cn2)cc1. The van der Waals surface area contributed by atoms with Gasteiger partial charge < -0.3 is 0 Å². The van der Waals surface area contributed by atoms with Crippen molar-refractivity contribution in [3.05, 3.63) is 122 Å². The Hall–Kier alpha value is -4.56. The van der Waals surface area contributed by atoms with Crippen molar-refractivity contribution in [1.29, 1.82) is 0 Å². The van der Waals surface area contributed by atoms with E-state index in [1.807, 2.05) is 30.6 Å². The van der Waals surface area contributed by atoms with Crippen LogP contribution in [0.3, 0.4) is 0 Å². The highest BCUT2D eigenvalue weighted by Gasteiger charge is 2.21. The summed E-state index contributed by atoms with van der Waals surface area (Å²) in [5, 5.41) is 2.63. The zero-order valence-electron chi connectivity index (χ0n) is 18.4. The van der Waals surface area contributed by atoms with Gasteiger partial charge in [-0.2, -0.15) is 0 Å². The van der Waals surface area contributed by atoms with Crippen LogP contribution in [0, 0.1) is 0 Å². The summed E-state index contributed by atoms with van der Waals surface area (Å²) < 4.78 is 0. The molecule has 0 saturated carbocycles. The van der Waals surface area contributed by atoms with Crippen LogP contribution in [-0.2, 0) is 0 Å². The molecule has 6 aromatic rings. The van der Waals surface area contributed by atoms with E-state index < -0.39 is 0 Å². The molecule has 0 N–H and O–H groups in total. The van der Waals surface area contributed by atoms with E-state index in [4.69, 9.17) is 4.98 Å². The van der Waals surface area contributed by atoms with E-state index in [0.717, 1.165) is 22.5 Å².